The van der Waals surface area contributed by atoms with Crippen LogP contribution in [-0.2, 0) is 20.7 Å². The van der Waals surface area contributed by atoms with Crippen LogP contribution in [0.1, 0.15) is 42.6 Å². The van der Waals surface area contributed by atoms with Crippen LogP contribution in [0.2, 0.25) is 0 Å². The number of carboxylic acid groups (broad SMARTS) is 1. The molecule has 9 heteroatoms. The number of carboxylic acids is 1. The molecular weight excluding hydrogens is 410 g/mol. The molecule has 8 nitrogen and oxygen atoms in total. The number of nitrogens with one attached hydrogen (secondary N) is 1. The van der Waals surface area contributed by atoms with Gasteiger partial charge in [-0.15, -0.1) is 0 Å². The molecule has 1 aromatic rings. The Morgan fingerprint density at radius 2 is 1.96 bits per heavy atom. The van der Waals surface area contributed by atoms with Gasteiger partial charge in [-0.25, -0.2) is 4.79 Å². The van der Waals surface area contributed by atoms with Gasteiger partial charge in [-0.05, 0) is 41.4 Å². The summed E-state index contributed by atoms with van der Waals surface area (Å²) in [6.07, 6.45) is 1.82. The van der Waals surface area contributed by atoms with Gasteiger partial charge in [-0.1, -0.05) is 13.3 Å². The Hall–Kier alpha value is -2.13. The first kappa shape index (κ1) is 21.9. The molecule has 0 saturated heterocycles. The standard InChI is InChI=1S/C17H22BrNO7/c1-3-5-12-13(7-6-11(10(2)20)14(12)21)25-8-4-9-26-17(18)19-15(22)16(23)24/h6-7,17,21H,3-5,8-9H2,1-2H3,(H,19,22)(H,23,24). The largest absolute Gasteiger partial charge is 0.507 e. The summed E-state index contributed by atoms with van der Waals surface area (Å²) < 4.78 is 10.9. The molecule has 1 aromatic carbocycles. The van der Waals surface area contributed by atoms with Gasteiger partial charge in [0.25, 0.3) is 0 Å². The average Bonchev–Trinajstić information content (AvgIpc) is 2.56. The Kier molecular flexibility index (Phi) is 9.08. The highest BCUT2D eigenvalue weighted by Gasteiger charge is 2.17. The molecule has 3 N–H and O–H groups in total. The van der Waals surface area contributed by atoms with Crippen molar-refractivity contribution in [1.82, 2.24) is 5.32 Å². The van der Waals surface area contributed by atoms with Crippen molar-refractivity contribution in [3.8, 4) is 11.5 Å². The number of halogens is 1. The second-order valence-corrected chi connectivity index (χ2v) is 6.24. The Bertz CT molecular complexity index is 663. The molecule has 0 bridgehead atoms. The summed E-state index contributed by atoms with van der Waals surface area (Å²) in [5.41, 5.74) is 0.855. The van der Waals surface area contributed by atoms with Crippen LogP contribution in [0.5, 0.6) is 11.5 Å². The number of Topliss-reactive ketones (excluding diaryl/α,β-unsaturated/α-hetero) is 1. The minimum absolute atomic E-state index is 0.0509. The van der Waals surface area contributed by atoms with Crippen molar-refractivity contribution < 1.29 is 34.1 Å². The van der Waals surface area contributed by atoms with Crippen LogP contribution >= 0.6 is 15.9 Å². The van der Waals surface area contributed by atoms with Gasteiger partial charge in [0, 0.05) is 12.0 Å². The lowest BCUT2D eigenvalue weighted by molar-refractivity contribution is -0.151. The number of carbonyl (C=O) groups excluding carboxylic acids is 2. The molecular formula is C17H22BrNO7. The van der Waals surface area contributed by atoms with E-state index in [-0.39, 0.29) is 30.3 Å². The average molecular weight is 432 g/mol. The normalized spacial score (nSPS) is 11.7. The van der Waals surface area contributed by atoms with E-state index in [2.05, 4.69) is 21.2 Å². The van der Waals surface area contributed by atoms with Crippen LogP contribution in [0.4, 0.5) is 0 Å². The fourth-order valence-corrected chi connectivity index (χ4v) is 2.56. The van der Waals surface area contributed by atoms with E-state index in [0.29, 0.717) is 24.2 Å². The summed E-state index contributed by atoms with van der Waals surface area (Å²) in [5, 5.41) is 19.9. The van der Waals surface area contributed by atoms with Gasteiger partial charge in [0.2, 0.25) is 0 Å². The highest BCUT2D eigenvalue weighted by atomic mass is 79.9. The van der Waals surface area contributed by atoms with Gasteiger partial charge in [0.05, 0.1) is 18.8 Å². The molecule has 0 fully saturated rings. The molecule has 0 aliphatic rings. The number of aliphatic carboxylic acids is 1. The third kappa shape index (κ3) is 6.64. The molecule has 0 heterocycles. The smallest absolute Gasteiger partial charge is 0.394 e. The Morgan fingerprint density at radius 3 is 2.54 bits per heavy atom. The van der Waals surface area contributed by atoms with Crippen LogP contribution in [0.3, 0.4) is 0 Å². The molecule has 144 valence electrons. The maximum atomic E-state index is 11.5. The van der Waals surface area contributed by atoms with Gasteiger partial charge < -0.3 is 25.0 Å². The predicted octanol–water partition coefficient (Wildman–Crippen LogP) is 2.21. The van der Waals surface area contributed by atoms with Crippen molar-refractivity contribution >= 4 is 33.6 Å². The number of alkyl halides is 1. The number of phenolic OH excluding ortho intramolecular Hbond substituents is 1. The van der Waals surface area contributed by atoms with E-state index in [1.807, 2.05) is 6.92 Å². The molecule has 1 unspecified atom stereocenters. The molecule has 1 rings (SSSR count). The lowest BCUT2D eigenvalue weighted by Crippen LogP contribution is -2.37. The fourth-order valence-electron chi connectivity index (χ4n) is 2.16. The van der Waals surface area contributed by atoms with E-state index in [9.17, 15) is 19.5 Å². The number of aromatic hydroxyl groups is 1. The van der Waals surface area contributed by atoms with Gasteiger partial charge in [-0.3, -0.25) is 9.59 Å². The highest BCUT2D eigenvalue weighted by Crippen LogP contribution is 2.33. The molecule has 26 heavy (non-hydrogen) atoms. The lowest BCUT2D eigenvalue weighted by atomic mass is 10.0. The number of hydrogen-bond acceptors (Lipinski definition) is 6. The number of rotatable bonds is 10. The molecule has 1 atom stereocenters. The highest BCUT2D eigenvalue weighted by molar-refractivity contribution is 9.09. The number of ketones is 1. The molecule has 0 radical (unpaired) electrons. The van der Waals surface area contributed by atoms with Crippen molar-refractivity contribution in [2.45, 2.75) is 38.2 Å². The molecule has 0 aliphatic carbocycles. The quantitative estimate of drug-likeness (QED) is 0.129. The lowest BCUT2D eigenvalue weighted by Gasteiger charge is -2.15. The van der Waals surface area contributed by atoms with Gasteiger partial charge >= 0.3 is 11.9 Å². The zero-order valence-corrected chi connectivity index (χ0v) is 16.2. The third-order valence-electron chi connectivity index (χ3n) is 3.37. The van der Waals surface area contributed by atoms with Crippen LogP contribution < -0.4 is 10.1 Å². The first-order chi connectivity index (χ1) is 12.3. The van der Waals surface area contributed by atoms with E-state index >= 15 is 0 Å². The maximum Gasteiger partial charge on any atom is 0.394 e. The van der Waals surface area contributed by atoms with Crippen molar-refractivity contribution in [2.24, 2.45) is 0 Å². The van der Waals surface area contributed by atoms with E-state index < -0.39 is 17.0 Å². The predicted molar refractivity (Wildman–Crippen MR) is 96.7 cm³/mol. The minimum Gasteiger partial charge on any atom is -0.507 e. The van der Waals surface area contributed by atoms with Crippen molar-refractivity contribution in [3.63, 3.8) is 0 Å². The molecule has 1 amide bonds. The third-order valence-corrected chi connectivity index (χ3v) is 3.86. The minimum atomic E-state index is -1.60. The number of hydrogen-bond donors (Lipinski definition) is 3. The van der Waals surface area contributed by atoms with Crippen molar-refractivity contribution in [1.29, 1.82) is 0 Å². The number of carbonyl (C=O) groups is 3. The zero-order valence-electron chi connectivity index (χ0n) is 14.6. The summed E-state index contributed by atoms with van der Waals surface area (Å²) in [5.74, 6) is -2.53. The van der Waals surface area contributed by atoms with E-state index in [1.165, 1.54) is 13.0 Å². The topological polar surface area (TPSA) is 122 Å². The van der Waals surface area contributed by atoms with E-state index in [1.54, 1.807) is 6.07 Å². The van der Waals surface area contributed by atoms with Gasteiger partial charge in [0.15, 0.2) is 10.9 Å². The maximum absolute atomic E-state index is 11.5. The summed E-state index contributed by atoms with van der Waals surface area (Å²) in [7, 11) is 0. The first-order valence-electron chi connectivity index (χ1n) is 8.05. The van der Waals surface area contributed by atoms with Crippen LogP contribution in [-0.4, -0.2) is 46.2 Å². The summed E-state index contributed by atoms with van der Waals surface area (Å²) in [6, 6.07) is 3.18. The van der Waals surface area contributed by atoms with Crippen LogP contribution in [0, 0.1) is 0 Å². The molecule has 0 saturated carbocycles. The van der Waals surface area contributed by atoms with Crippen molar-refractivity contribution in [3.05, 3.63) is 23.3 Å². The molecule has 0 aliphatic heterocycles. The van der Waals surface area contributed by atoms with Crippen molar-refractivity contribution in [2.75, 3.05) is 13.2 Å². The monoisotopic (exact) mass is 431 g/mol. The summed E-state index contributed by atoms with van der Waals surface area (Å²) >= 11 is 2.98. The summed E-state index contributed by atoms with van der Waals surface area (Å²) in [6.45, 7) is 3.83. The van der Waals surface area contributed by atoms with Gasteiger partial charge in [-0.2, -0.15) is 0 Å². The van der Waals surface area contributed by atoms with E-state index in [4.69, 9.17) is 14.6 Å². The molecule has 0 aromatic heterocycles. The number of amides is 1. The Morgan fingerprint density at radius 1 is 1.27 bits per heavy atom. The second kappa shape index (κ2) is 10.8. The molecule has 0 spiro atoms. The second-order valence-electron chi connectivity index (χ2n) is 5.41. The summed E-state index contributed by atoms with van der Waals surface area (Å²) in [4.78, 5) is 32.9. The number of benzene rings is 1. The zero-order chi connectivity index (χ0) is 19.7. The Labute approximate surface area is 159 Å². The number of ether oxygens (including phenoxy) is 2. The van der Waals surface area contributed by atoms with Crippen LogP contribution in [0.15, 0.2) is 12.1 Å². The Balaban J connectivity index is 2.52. The van der Waals surface area contributed by atoms with E-state index in [0.717, 1.165) is 6.42 Å². The van der Waals surface area contributed by atoms with Gasteiger partial charge in [0.1, 0.15) is 11.5 Å². The van der Waals surface area contributed by atoms with Crippen LogP contribution in [0.25, 0.3) is 0 Å². The SMILES string of the molecule is CCCc1c(OCCCOC(Br)NC(=O)C(=O)O)ccc(C(C)=O)c1O. The first-order valence-corrected chi connectivity index (χ1v) is 8.97. The number of phenols is 1. The fraction of sp³-hybridized carbons (Fsp3) is 0.471.